The molecule has 2 N–H and O–H groups in total. The second-order valence-corrected chi connectivity index (χ2v) is 4.54. The first kappa shape index (κ1) is 11.8. The number of anilines is 1. The average Bonchev–Trinajstić information content (AvgIpc) is 2.62. The number of hydrogen-bond donors (Lipinski definition) is 2. The van der Waals surface area contributed by atoms with Crippen LogP contribution in [0.1, 0.15) is 21.7 Å². The number of hydrogen-bond acceptors (Lipinski definition) is 3. The Hall–Kier alpha value is -1.69. The molecule has 2 rings (SSSR count). The molecule has 5 nitrogen and oxygen atoms in total. The molecule has 0 aliphatic carbocycles. The summed E-state index contributed by atoms with van der Waals surface area (Å²) in [5, 5.41) is 9.48. The van der Waals surface area contributed by atoms with Gasteiger partial charge in [-0.25, -0.2) is 4.98 Å². The van der Waals surface area contributed by atoms with E-state index >= 15 is 0 Å². The maximum Gasteiger partial charge on any atom is 0.260 e. The topological polar surface area (TPSA) is 70.7 Å². The Bertz CT molecular complexity index is 528. The van der Waals surface area contributed by atoms with Crippen LogP contribution in [-0.4, -0.2) is 21.1 Å². The summed E-state index contributed by atoms with van der Waals surface area (Å²) in [6.07, 6.45) is 1.63. The number of carbonyl (C=O) groups excluding carboxylic acids is 1. The number of nitrogens with one attached hydrogen (secondary N) is 2. The van der Waals surface area contributed by atoms with Gasteiger partial charge in [-0.1, -0.05) is 0 Å². The van der Waals surface area contributed by atoms with Crippen LogP contribution in [0.2, 0.25) is 0 Å². The molecule has 0 aliphatic heterocycles. The molecule has 2 heterocycles. The summed E-state index contributed by atoms with van der Waals surface area (Å²) in [6, 6.07) is 3.55. The lowest BCUT2D eigenvalue weighted by molar-refractivity contribution is 0.102. The number of rotatable bonds is 2. The Labute approximate surface area is 107 Å². The zero-order valence-electron chi connectivity index (χ0n) is 9.41. The highest BCUT2D eigenvalue weighted by atomic mass is 79.9. The van der Waals surface area contributed by atoms with Gasteiger partial charge in [0.15, 0.2) is 0 Å². The van der Waals surface area contributed by atoms with E-state index in [9.17, 15) is 4.79 Å². The van der Waals surface area contributed by atoms with E-state index in [4.69, 9.17) is 0 Å². The number of amides is 1. The molecule has 88 valence electrons. The van der Waals surface area contributed by atoms with Crippen LogP contribution in [0.4, 0.5) is 5.82 Å². The molecule has 6 heteroatoms. The van der Waals surface area contributed by atoms with Crippen LogP contribution in [0.25, 0.3) is 0 Å². The number of H-pyrrole nitrogens is 1. The molecule has 17 heavy (non-hydrogen) atoms. The van der Waals surface area contributed by atoms with Crippen LogP contribution in [0, 0.1) is 13.8 Å². The van der Waals surface area contributed by atoms with Gasteiger partial charge in [-0.15, -0.1) is 0 Å². The standard InChI is InChI=1S/C11H11BrN4O/c1-6-10(7(2)16-15-6)11(17)14-9-4-3-8(12)5-13-9/h3-5H,1-2H3,(H,15,16)(H,13,14,17). The van der Waals surface area contributed by atoms with Gasteiger partial charge in [0.25, 0.3) is 5.91 Å². The predicted molar refractivity (Wildman–Crippen MR) is 68.0 cm³/mol. The van der Waals surface area contributed by atoms with Crippen molar-refractivity contribution in [1.29, 1.82) is 0 Å². The highest BCUT2D eigenvalue weighted by Gasteiger charge is 2.15. The second kappa shape index (κ2) is 4.67. The van der Waals surface area contributed by atoms with Crippen LogP contribution in [-0.2, 0) is 0 Å². The summed E-state index contributed by atoms with van der Waals surface area (Å²) in [7, 11) is 0. The van der Waals surface area contributed by atoms with Crippen molar-refractivity contribution in [2.75, 3.05) is 5.32 Å². The molecular weight excluding hydrogens is 284 g/mol. The van der Waals surface area contributed by atoms with Gasteiger partial charge >= 0.3 is 0 Å². The maximum absolute atomic E-state index is 12.0. The van der Waals surface area contributed by atoms with Crippen molar-refractivity contribution in [3.63, 3.8) is 0 Å². The number of halogens is 1. The fourth-order valence-electron chi connectivity index (χ4n) is 1.51. The Morgan fingerprint density at radius 2 is 2.18 bits per heavy atom. The monoisotopic (exact) mass is 294 g/mol. The number of carbonyl (C=O) groups is 1. The predicted octanol–water partition coefficient (Wildman–Crippen LogP) is 2.44. The first-order valence-corrected chi connectivity index (χ1v) is 5.81. The number of aryl methyl sites for hydroxylation is 2. The molecule has 0 aliphatic rings. The minimum Gasteiger partial charge on any atom is -0.306 e. The van der Waals surface area contributed by atoms with Crippen LogP contribution in [0.5, 0.6) is 0 Å². The van der Waals surface area contributed by atoms with E-state index in [1.807, 2.05) is 13.0 Å². The number of pyridine rings is 1. The molecule has 0 fully saturated rings. The zero-order valence-corrected chi connectivity index (χ0v) is 11.0. The van der Waals surface area contributed by atoms with Gasteiger partial charge < -0.3 is 5.32 Å². The lowest BCUT2D eigenvalue weighted by Crippen LogP contribution is -2.14. The zero-order chi connectivity index (χ0) is 12.4. The number of aromatic amines is 1. The van der Waals surface area contributed by atoms with Gasteiger partial charge in [-0.05, 0) is 41.9 Å². The Balaban J connectivity index is 2.20. The van der Waals surface area contributed by atoms with E-state index in [2.05, 4.69) is 36.4 Å². The molecule has 0 spiro atoms. The van der Waals surface area contributed by atoms with E-state index in [1.54, 1.807) is 19.2 Å². The van der Waals surface area contributed by atoms with Crippen molar-refractivity contribution in [1.82, 2.24) is 15.2 Å². The Morgan fingerprint density at radius 3 is 2.71 bits per heavy atom. The van der Waals surface area contributed by atoms with E-state index in [-0.39, 0.29) is 5.91 Å². The third-order valence-electron chi connectivity index (χ3n) is 2.32. The van der Waals surface area contributed by atoms with Crippen molar-refractivity contribution >= 4 is 27.7 Å². The Kier molecular flexibility index (Phi) is 3.23. The maximum atomic E-state index is 12.0. The largest absolute Gasteiger partial charge is 0.306 e. The van der Waals surface area contributed by atoms with Gasteiger partial charge in [0, 0.05) is 16.4 Å². The molecule has 0 atom stereocenters. The third kappa shape index (κ3) is 2.52. The summed E-state index contributed by atoms with van der Waals surface area (Å²) in [5.74, 6) is 0.307. The van der Waals surface area contributed by atoms with E-state index in [0.29, 0.717) is 17.1 Å². The average molecular weight is 295 g/mol. The Morgan fingerprint density at radius 1 is 1.41 bits per heavy atom. The van der Waals surface area contributed by atoms with Gasteiger partial charge in [-0.2, -0.15) is 5.10 Å². The van der Waals surface area contributed by atoms with Gasteiger partial charge in [0.1, 0.15) is 5.82 Å². The molecule has 0 unspecified atom stereocenters. The minimum absolute atomic E-state index is 0.205. The van der Waals surface area contributed by atoms with Crippen molar-refractivity contribution in [2.45, 2.75) is 13.8 Å². The molecule has 0 radical (unpaired) electrons. The van der Waals surface area contributed by atoms with E-state index < -0.39 is 0 Å². The SMILES string of the molecule is Cc1n[nH]c(C)c1C(=O)Nc1ccc(Br)cn1. The quantitative estimate of drug-likeness (QED) is 0.894. The summed E-state index contributed by atoms with van der Waals surface area (Å²) in [5.41, 5.74) is 1.99. The minimum atomic E-state index is -0.205. The van der Waals surface area contributed by atoms with Crippen molar-refractivity contribution in [2.24, 2.45) is 0 Å². The van der Waals surface area contributed by atoms with Gasteiger partial charge in [-0.3, -0.25) is 9.89 Å². The molecule has 2 aromatic rings. The molecule has 0 saturated carbocycles. The lowest BCUT2D eigenvalue weighted by Gasteiger charge is -2.04. The first-order valence-electron chi connectivity index (χ1n) is 5.02. The van der Waals surface area contributed by atoms with Crippen LogP contribution in [0.3, 0.4) is 0 Å². The normalized spacial score (nSPS) is 10.3. The summed E-state index contributed by atoms with van der Waals surface area (Å²) < 4.78 is 0.867. The van der Waals surface area contributed by atoms with Crippen LogP contribution >= 0.6 is 15.9 Å². The molecule has 0 aromatic carbocycles. The summed E-state index contributed by atoms with van der Waals surface area (Å²) >= 11 is 3.28. The smallest absolute Gasteiger partial charge is 0.260 e. The van der Waals surface area contributed by atoms with Gasteiger partial charge in [0.05, 0.1) is 11.3 Å². The molecule has 2 aromatic heterocycles. The highest BCUT2D eigenvalue weighted by Crippen LogP contribution is 2.14. The van der Waals surface area contributed by atoms with Crippen LogP contribution in [0.15, 0.2) is 22.8 Å². The first-order chi connectivity index (χ1) is 8.08. The molecular formula is C11H11BrN4O. The second-order valence-electron chi connectivity index (χ2n) is 3.62. The number of aromatic nitrogens is 3. The lowest BCUT2D eigenvalue weighted by atomic mass is 10.2. The van der Waals surface area contributed by atoms with Crippen LogP contribution < -0.4 is 5.32 Å². The highest BCUT2D eigenvalue weighted by molar-refractivity contribution is 9.10. The third-order valence-corrected chi connectivity index (χ3v) is 2.79. The summed E-state index contributed by atoms with van der Waals surface area (Å²) in [6.45, 7) is 3.59. The van der Waals surface area contributed by atoms with E-state index in [1.165, 1.54) is 0 Å². The van der Waals surface area contributed by atoms with Crippen molar-refractivity contribution in [3.05, 3.63) is 39.8 Å². The molecule has 1 amide bonds. The molecule has 0 bridgehead atoms. The fraction of sp³-hybridized carbons (Fsp3) is 0.182. The van der Waals surface area contributed by atoms with E-state index in [0.717, 1.165) is 10.2 Å². The fourth-order valence-corrected chi connectivity index (χ4v) is 1.75. The van der Waals surface area contributed by atoms with Gasteiger partial charge in [0.2, 0.25) is 0 Å². The van der Waals surface area contributed by atoms with Crippen molar-refractivity contribution in [3.8, 4) is 0 Å². The summed E-state index contributed by atoms with van der Waals surface area (Å²) in [4.78, 5) is 16.1. The number of nitrogens with zero attached hydrogens (tertiary/aromatic N) is 2. The molecule has 0 saturated heterocycles. The van der Waals surface area contributed by atoms with Crippen molar-refractivity contribution < 1.29 is 4.79 Å².